The summed E-state index contributed by atoms with van der Waals surface area (Å²) in [6.07, 6.45) is 9.80. The highest BCUT2D eigenvalue weighted by Gasteiger charge is 2.36. The summed E-state index contributed by atoms with van der Waals surface area (Å²) >= 11 is 0. The van der Waals surface area contributed by atoms with Gasteiger partial charge in [0, 0.05) is 18.9 Å². The maximum absolute atomic E-state index is 14.7. The smallest absolute Gasteiger partial charge is 0.281 e. The fourth-order valence-electron chi connectivity index (χ4n) is 4.89. The van der Waals surface area contributed by atoms with Gasteiger partial charge in [0.15, 0.2) is 18.2 Å². The van der Waals surface area contributed by atoms with Gasteiger partial charge in [-0.15, -0.1) is 6.58 Å². The molecule has 192 valence electrons. The van der Waals surface area contributed by atoms with Crippen molar-refractivity contribution in [2.75, 3.05) is 19.8 Å². The molecular formula is C27H38F4O3. The summed E-state index contributed by atoms with van der Waals surface area (Å²) in [5.74, 6) is -6.49. The van der Waals surface area contributed by atoms with Gasteiger partial charge >= 0.3 is 0 Å². The first-order valence-electron chi connectivity index (χ1n) is 12.7. The number of hydrogen-bond donors (Lipinski definition) is 0. The van der Waals surface area contributed by atoms with E-state index in [9.17, 15) is 17.6 Å². The van der Waals surface area contributed by atoms with Crippen LogP contribution in [0.15, 0.2) is 24.8 Å². The van der Waals surface area contributed by atoms with E-state index in [4.69, 9.17) is 14.2 Å². The van der Waals surface area contributed by atoms with Crippen molar-refractivity contribution in [3.63, 3.8) is 0 Å². The summed E-state index contributed by atoms with van der Waals surface area (Å²) in [7, 11) is 0. The molecule has 3 rings (SSSR count). The average Bonchev–Trinajstić information content (AvgIpc) is 2.84. The molecule has 1 aromatic rings. The van der Waals surface area contributed by atoms with Gasteiger partial charge in [0.2, 0.25) is 5.82 Å². The predicted octanol–water partition coefficient (Wildman–Crippen LogP) is 7.58. The Hall–Kier alpha value is -1.60. The second-order valence-corrected chi connectivity index (χ2v) is 9.76. The zero-order valence-electron chi connectivity index (χ0n) is 20.2. The van der Waals surface area contributed by atoms with Crippen LogP contribution in [0.5, 0.6) is 5.75 Å². The summed E-state index contributed by atoms with van der Waals surface area (Å²) in [5.41, 5.74) is 0.183. The van der Waals surface area contributed by atoms with Crippen molar-refractivity contribution in [3.8, 4) is 5.75 Å². The molecule has 4 atom stereocenters. The molecule has 0 spiro atoms. The normalized spacial score (nSPS) is 25.8. The molecule has 2 aliphatic rings. The van der Waals surface area contributed by atoms with Gasteiger partial charge in [-0.05, 0) is 49.7 Å². The third-order valence-corrected chi connectivity index (χ3v) is 6.96. The van der Waals surface area contributed by atoms with Crippen LogP contribution >= 0.6 is 0 Å². The van der Waals surface area contributed by atoms with Gasteiger partial charge < -0.3 is 14.2 Å². The fraction of sp³-hybridized carbons (Fsp3) is 0.704. The lowest BCUT2D eigenvalue weighted by molar-refractivity contribution is -0.0909. The molecule has 0 bridgehead atoms. The van der Waals surface area contributed by atoms with E-state index in [1.807, 2.05) is 0 Å². The predicted molar refractivity (Wildman–Crippen MR) is 125 cm³/mol. The van der Waals surface area contributed by atoms with Crippen LogP contribution in [-0.4, -0.2) is 38.0 Å². The summed E-state index contributed by atoms with van der Waals surface area (Å²) in [5, 5.41) is 0. The SMILES string of the molecule is C=CC1CCC(c2ccc(OCC(F)(F)CC3CCC(CCCCCC)OC3)c(F)c2F)CO1. The molecule has 34 heavy (non-hydrogen) atoms. The van der Waals surface area contributed by atoms with E-state index in [1.54, 1.807) is 6.08 Å². The first kappa shape index (κ1) is 27.0. The first-order valence-corrected chi connectivity index (χ1v) is 12.7. The van der Waals surface area contributed by atoms with E-state index in [0.29, 0.717) is 25.9 Å². The largest absolute Gasteiger partial charge is 0.484 e. The molecule has 2 saturated heterocycles. The second-order valence-electron chi connectivity index (χ2n) is 9.76. The lowest BCUT2D eigenvalue weighted by Gasteiger charge is -2.31. The fourth-order valence-corrected chi connectivity index (χ4v) is 4.89. The van der Waals surface area contributed by atoms with Crippen LogP contribution < -0.4 is 4.74 Å². The number of alkyl halides is 2. The quantitative estimate of drug-likeness (QED) is 0.173. The second kappa shape index (κ2) is 12.9. The van der Waals surface area contributed by atoms with Gasteiger partial charge in [-0.1, -0.05) is 44.7 Å². The molecule has 0 amide bonds. The molecule has 1 aromatic carbocycles. The Morgan fingerprint density at radius 1 is 1.03 bits per heavy atom. The van der Waals surface area contributed by atoms with Crippen LogP contribution in [0.3, 0.4) is 0 Å². The summed E-state index contributed by atoms with van der Waals surface area (Å²) in [6.45, 7) is 5.41. The molecule has 0 aromatic heterocycles. The van der Waals surface area contributed by atoms with Crippen molar-refractivity contribution < 1.29 is 31.8 Å². The van der Waals surface area contributed by atoms with E-state index in [2.05, 4.69) is 13.5 Å². The van der Waals surface area contributed by atoms with Gasteiger partial charge in [0.1, 0.15) is 0 Å². The average molecular weight is 487 g/mol. The van der Waals surface area contributed by atoms with Crippen molar-refractivity contribution in [2.45, 2.75) is 95.2 Å². The van der Waals surface area contributed by atoms with Crippen molar-refractivity contribution in [2.24, 2.45) is 5.92 Å². The highest BCUT2D eigenvalue weighted by Crippen LogP contribution is 2.35. The molecule has 2 aliphatic heterocycles. The molecule has 0 aliphatic carbocycles. The minimum absolute atomic E-state index is 0.0831. The third-order valence-electron chi connectivity index (χ3n) is 6.96. The van der Waals surface area contributed by atoms with Gasteiger partial charge in [0.25, 0.3) is 5.92 Å². The van der Waals surface area contributed by atoms with Gasteiger partial charge in [-0.3, -0.25) is 0 Å². The highest BCUT2D eigenvalue weighted by atomic mass is 19.3. The topological polar surface area (TPSA) is 27.7 Å². The lowest BCUT2D eigenvalue weighted by Crippen LogP contribution is -2.34. The van der Waals surface area contributed by atoms with Crippen molar-refractivity contribution in [3.05, 3.63) is 42.0 Å². The molecule has 7 heteroatoms. The van der Waals surface area contributed by atoms with Crippen LogP contribution in [0.25, 0.3) is 0 Å². The van der Waals surface area contributed by atoms with Crippen LogP contribution in [0.4, 0.5) is 17.6 Å². The third kappa shape index (κ3) is 7.70. The molecule has 3 nitrogen and oxygen atoms in total. The number of halogens is 4. The minimum atomic E-state index is -3.15. The number of ether oxygens (including phenoxy) is 3. The number of rotatable bonds is 12. The van der Waals surface area contributed by atoms with Crippen molar-refractivity contribution in [1.82, 2.24) is 0 Å². The Bertz CT molecular complexity index is 769. The first-order chi connectivity index (χ1) is 16.3. The summed E-state index contributed by atoms with van der Waals surface area (Å²) < 4.78 is 74.7. The van der Waals surface area contributed by atoms with Gasteiger partial charge in [0.05, 0.1) is 18.8 Å². The van der Waals surface area contributed by atoms with E-state index in [1.165, 1.54) is 31.4 Å². The molecular weight excluding hydrogens is 448 g/mol. The highest BCUT2D eigenvalue weighted by molar-refractivity contribution is 5.33. The molecule has 0 N–H and O–H groups in total. The Labute approximate surface area is 200 Å². The minimum Gasteiger partial charge on any atom is -0.484 e. The van der Waals surface area contributed by atoms with Crippen molar-refractivity contribution >= 4 is 0 Å². The van der Waals surface area contributed by atoms with Crippen LogP contribution in [0.1, 0.15) is 82.6 Å². The molecule has 0 saturated carbocycles. The Morgan fingerprint density at radius 3 is 2.50 bits per heavy atom. The lowest BCUT2D eigenvalue weighted by atomic mass is 9.90. The standard InChI is InChI=1S/C27H38F4O3/c1-3-5-6-7-8-22-11-9-19(16-32-22)15-27(30,31)18-34-24-14-13-23(25(28)26(24)29)20-10-12-21(4-2)33-17-20/h4,13-14,19-22H,2-3,5-12,15-18H2,1H3. The number of benzene rings is 1. The molecule has 2 fully saturated rings. The summed E-state index contributed by atoms with van der Waals surface area (Å²) in [4.78, 5) is 0. The van der Waals surface area contributed by atoms with Gasteiger partial charge in [-0.2, -0.15) is 4.39 Å². The maximum Gasteiger partial charge on any atom is 0.281 e. The van der Waals surface area contributed by atoms with Crippen molar-refractivity contribution in [1.29, 1.82) is 0 Å². The van der Waals surface area contributed by atoms with Gasteiger partial charge in [-0.25, -0.2) is 13.2 Å². The summed E-state index contributed by atoms with van der Waals surface area (Å²) in [6, 6.07) is 2.64. The van der Waals surface area contributed by atoms with Crippen LogP contribution in [-0.2, 0) is 9.47 Å². The monoisotopic (exact) mass is 486 g/mol. The Kier molecular flexibility index (Phi) is 10.3. The number of unbranched alkanes of at least 4 members (excludes halogenated alkanes) is 3. The van der Waals surface area contributed by atoms with E-state index < -0.39 is 29.9 Å². The number of hydrogen-bond acceptors (Lipinski definition) is 3. The van der Waals surface area contributed by atoms with Crippen LogP contribution in [0, 0.1) is 17.6 Å². The zero-order chi connectivity index (χ0) is 24.6. The van der Waals surface area contributed by atoms with E-state index >= 15 is 0 Å². The zero-order valence-corrected chi connectivity index (χ0v) is 20.2. The van der Waals surface area contributed by atoms with E-state index in [0.717, 1.165) is 19.3 Å². The Morgan fingerprint density at radius 2 is 1.85 bits per heavy atom. The van der Waals surface area contributed by atoms with E-state index in [-0.39, 0.29) is 42.6 Å². The maximum atomic E-state index is 14.7. The molecule has 4 unspecified atom stereocenters. The molecule has 0 radical (unpaired) electrons. The molecule has 2 heterocycles. The Balaban J connectivity index is 1.46. The van der Waals surface area contributed by atoms with Crippen LogP contribution in [0.2, 0.25) is 0 Å².